The van der Waals surface area contributed by atoms with Crippen LogP contribution in [0.5, 0.6) is 0 Å². The van der Waals surface area contributed by atoms with Crippen molar-refractivity contribution < 1.29 is 9.47 Å². The van der Waals surface area contributed by atoms with Crippen molar-refractivity contribution in [1.29, 1.82) is 0 Å². The van der Waals surface area contributed by atoms with Crippen LogP contribution in [0.2, 0.25) is 0 Å². The summed E-state index contributed by atoms with van der Waals surface area (Å²) in [7, 11) is 6.42. The zero-order valence-corrected chi connectivity index (χ0v) is 52.4. The topological polar surface area (TPSA) is 116 Å². The van der Waals surface area contributed by atoms with Crippen LogP contribution in [0.15, 0.2) is 60.7 Å². The number of hydrogen-bond donors (Lipinski definition) is 7. The Morgan fingerprint density at radius 3 is 1.03 bits per heavy atom. The molecule has 77 heavy (non-hydrogen) atoms. The minimum absolute atomic E-state index is 0.594. The molecule has 6 atom stereocenters. The molecule has 0 aromatic heterocycles. The molecule has 6 heterocycles. The standard InChI is InChI=1S/C14H22N2.C12H18N2.2C8H18N2.C8H17N.2C7H15NO/c1-12(2)15-14-8-9-16(11-14)10-13-6-4-3-5-7-13;1-13-12-7-8-14(10-12)9-11-5-3-2-4-6-11;2*1-7(2)9-8-4-5-10(3)6-8;1-7(2)9-8-5-3-4-6-8;2*1-6(2)8-7-3-4-9-5-7/h3-7,12,14-15H,8-11H2,1-2H3;2-6,12-13H,7-10H2,1H3;2*7-9H,4-6H2,1-3H3;7-9H,3-6H2,1-2H3;2*6-8H,3-5H2,1-2H3/t14-;12-;2*8-;;2*7-/m1010.10/s1. The van der Waals surface area contributed by atoms with E-state index in [1.54, 1.807) is 0 Å². The van der Waals surface area contributed by atoms with E-state index in [2.05, 4.69) is 222 Å². The van der Waals surface area contributed by atoms with Crippen molar-refractivity contribution >= 4 is 0 Å². The van der Waals surface area contributed by atoms with E-state index in [0.29, 0.717) is 60.4 Å². The maximum absolute atomic E-state index is 5.20. The van der Waals surface area contributed by atoms with E-state index in [-0.39, 0.29) is 0 Å². The highest BCUT2D eigenvalue weighted by Gasteiger charge is 2.24. The highest BCUT2D eigenvalue weighted by Crippen LogP contribution is 2.18. The Labute approximate surface area is 475 Å². The Bertz CT molecular complexity index is 1580. The summed E-state index contributed by atoms with van der Waals surface area (Å²) in [5.41, 5.74) is 2.84. The van der Waals surface area contributed by atoms with E-state index in [9.17, 15) is 0 Å². The van der Waals surface area contributed by atoms with Crippen molar-refractivity contribution in [3.8, 4) is 0 Å². The third-order valence-electron chi connectivity index (χ3n) is 14.9. The van der Waals surface area contributed by atoms with Crippen molar-refractivity contribution in [2.45, 2.75) is 239 Å². The first kappa shape index (κ1) is 69.2. The van der Waals surface area contributed by atoms with Crippen LogP contribution in [0, 0.1) is 0 Å². The maximum atomic E-state index is 5.20. The second-order valence-electron chi connectivity index (χ2n) is 25.2. The van der Waals surface area contributed by atoms with Crippen LogP contribution in [0.4, 0.5) is 0 Å². The summed E-state index contributed by atoms with van der Waals surface area (Å²) in [6.07, 6.45) is 13.2. The number of nitrogens with zero attached hydrogens (tertiary/aromatic N) is 4. The highest BCUT2D eigenvalue weighted by molar-refractivity contribution is 5.15. The van der Waals surface area contributed by atoms with E-state index in [1.165, 1.54) is 128 Å². The van der Waals surface area contributed by atoms with Gasteiger partial charge in [-0.1, -0.05) is 157 Å². The zero-order valence-electron chi connectivity index (χ0n) is 52.4. The molecule has 2 aromatic rings. The van der Waals surface area contributed by atoms with Crippen LogP contribution in [-0.4, -0.2) is 198 Å². The molecule has 13 nitrogen and oxygen atoms in total. The Morgan fingerprint density at radius 2 is 0.714 bits per heavy atom. The molecule has 0 spiro atoms. The van der Waals surface area contributed by atoms with Gasteiger partial charge < -0.3 is 56.5 Å². The molecule has 0 bridgehead atoms. The van der Waals surface area contributed by atoms with Crippen LogP contribution in [0.1, 0.15) is 158 Å². The number of likely N-dealkylation sites (tertiary alicyclic amines) is 4. The van der Waals surface area contributed by atoms with Crippen molar-refractivity contribution in [3.05, 3.63) is 71.8 Å². The highest BCUT2D eigenvalue weighted by atomic mass is 16.5. The summed E-state index contributed by atoms with van der Waals surface area (Å²) < 4.78 is 10.4. The van der Waals surface area contributed by atoms with Crippen LogP contribution in [0.25, 0.3) is 0 Å². The van der Waals surface area contributed by atoms with Gasteiger partial charge in [0.1, 0.15) is 0 Å². The Kier molecular flexibility index (Phi) is 36.8. The predicted octanol–water partition coefficient (Wildman–Crippen LogP) is 8.59. The average molecular weight is 1080 g/mol. The molecule has 7 aliphatic rings. The van der Waals surface area contributed by atoms with E-state index in [0.717, 1.165) is 57.6 Å². The smallest absolute Gasteiger partial charge is 0.0620 e. The van der Waals surface area contributed by atoms with Gasteiger partial charge in [0.2, 0.25) is 0 Å². The van der Waals surface area contributed by atoms with E-state index >= 15 is 0 Å². The van der Waals surface area contributed by atoms with Gasteiger partial charge in [-0.25, -0.2) is 0 Å². The molecule has 9 rings (SSSR count). The summed E-state index contributed by atoms with van der Waals surface area (Å²) >= 11 is 0. The van der Waals surface area contributed by atoms with Gasteiger partial charge >= 0.3 is 0 Å². The van der Waals surface area contributed by atoms with Crippen LogP contribution in [0.3, 0.4) is 0 Å². The molecule has 7 N–H and O–H groups in total. The fourth-order valence-electron chi connectivity index (χ4n) is 11.4. The normalized spacial score (nSPS) is 25.0. The first-order valence-electron chi connectivity index (χ1n) is 31.1. The summed E-state index contributed by atoms with van der Waals surface area (Å²) in [6, 6.07) is 30.1. The van der Waals surface area contributed by atoms with Gasteiger partial charge in [0.15, 0.2) is 0 Å². The second kappa shape index (κ2) is 41.0. The third kappa shape index (κ3) is 34.7. The van der Waals surface area contributed by atoms with Crippen molar-refractivity contribution in [2.75, 3.05) is 99.9 Å². The minimum Gasteiger partial charge on any atom is -0.380 e. The molecule has 0 unspecified atom stereocenters. The summed E-state index contributed by atoms with van der Waals surface area (Å²) in [6.45, 7) is 42.0. The average Bonchev–Trinajstić information content (AvgIpc) is 4.23. The minimum atomic E-state index is 0.594. The van der Waals surface area contributed by atoms with Gasteiger partial charge in [0, 0.05) is 144 Å². The summed E-state index contributed by atoms with van der Waals surface area (Å²) in [4.78, 5) is 9.80. The fraction of sp³-hybridized carbons (Fsp3) is 0.812. The van der Waals surface area contributed by atoms with E-state index < -0.39 is 0 Å². The largest absolute Gasteiger partial charge is 0.380 e. The first-order valence-corrected chi connectivity index (χ1v) is 31.1. The molecule has 6 aliphatic heterocycles. The lowest BCUT2D eigenvalue weighted by molar-refractivity contribution is 0.188. The first-order chi connectivity index (χ1) is 36.8. The van der Waals surface area contributed by atoms with Crippen LogP contribution < -0.4 is 37.2 Å². The molecule has 0 radical (unpaired) electrons. The van der Waals surface area contributed by atoms with Gasteiger partial charge in [0.05, 0.1) is 13.2 Å². The third-order valence-corrected chi connectivity index (χ3v) is 14.9. The fourth-order valence-corrected chi connectivity index (χ4v) is 11.4. The van der Waals surface area contributed by atoms with Crippen molar-refractivity contribution in [1.82, 2.24) is 56.8 Å². The number of ether oxygens (including phenoxy) is 2. The monoisotopic (exact) mass is 1080 g/mol. The van der Waals surface area contributed by atoms with E-state index in [4.69, 9.17) is 9.47 Å². The van der Waals surface area contributed by atoms with Gasteiger partial charge in [0.25, 0.3) is 0 Å². The van der Waals surface area contributed by atoms with Gasteiger partial charge in [-0.15, -0.1) is 0 Å². The SMILES string of the molecule is CC(C)NC1CCCC1.CC(C)N[C@@H]1CCN(C)C1.CC(C)N[C@@H]1CCN(Cc2ccccc2)C1.CC(C)N[C@@H]1CCOC1.CC(C)N[C@H]1CCN(C)C1.CC(C)N[C@H]1CCOC1.CN[C@H]1CCN(Cc2ccccc2)C1. The summed E-state index contributed by atoms with van der Waals surface area (Å²) in [5.74, 6) is 0. The maximum Gasteiger partial charge on any atom is 0.0620 e. The molecular formula is C64H123N11O2. The molecule has 7 fully saturated rings. The lowest BCUT2D eigenvalue weighted by Gasteiger charge is -2.18. The number of likely N-dealkylation sites (N-methyl/N-ethyl adjacent to an activating group) is 3. The predicted molar refractivity (Wildman–Crippen MR) is 331 cm³/mol. The Hall–Kier alpha value is -2.08. The van der Waals surface area contributed by atoms with Crippen molar-refractivity contribution in [2.24, 2.45) is 0 Å². The zero-order chi connectivity index (χ0) is 56.4. The van der Waals surface area contributed by atoms with Gasteiger partial charge in [-0.3, -0.25) is 9.80 Å². The van der Waals surface area contributed by atoms with E-state index in [1.807, 2.05) is 0 Å². The number of hydrogen-bond acceptors (Lipinski definition) is 13. The Balaban J connectivity index is 0.000000239. The molecule has 446 valence electrons. The lowest BCUT2D eigenvalue weighted by Crippen LogP contribution is -2.36. The molecular weight excluding hydrogens is 955 g/mol. The molecule has 0 amide bonds. The van der Waals surface area contributed by atoms with Crippen molar-refractivity contribution in [3.63, 3.8) is 0 Å². The molecule has 2 aromatic carbocycles. The Morgan fingerprint density at radius 1 is 0.390 bits per heavy atom. The number of nitrogens with one attached hydrogen (secondary N) is 7. The number of rotatable bonds is 17. The quantitative estimate of drug-likeness (QED) is 0.0822. The summed E-state index contributed by atoms with van der Waals surface area (Å²) in [5, 5.41) is 24.4. The van der Waals surface area contributed by atoms with Gasteiger partial charge in [-0.05, 0) is 96.7 Å². The van der Waals surface area contributed by atoms with Crippen LogP contribution >= 0.6 is 0 Å². The van der Waals surface area contributed by atoms with Gasteiger partial charge in [-0.2, -0.15) is 0 Å². The number of benzene rings is 2. The second-order valence-corrected chi connectivity index (χ2v) is 25.2. The molecule has 1 aliphatic carbocycles. The molecule has 6 saturated heterocycles. The van der Waals surface area contributed by atoms with Crippen LogP contribution in [-0.2, 0) is 22.6 Å². The molecule has 1 saturated carbocycles. The lowest BCUT2D eigenvalue weighted by atomic mass is 10.2. The molecule has 13 heteroatoms.